The summed E-state index contributed by atoms with van der Waals surface area (Å²) in [5.74, 6) is 0. The second-order valence-corrected chi connectivity index (χ2v) is 6.11. The molecule has 2 aliphatic rings. The van der Waals surface area contributed by atoms with E-state index in [1.807, 2.05) is 18.4 Å². The standard InChI is InChI=1S/C11H17N3S2/c1-12-10-8(15)6-9(16-10)14-5-3-11(14)2-4-13-7-11/h6,12-13,15H,2-5,7H2,1H3. The highest BCUT2D eigenvalue weighted by Crippen LogP contribution is 2.45. The first-order valence-electron chi connectivity index (χ1n) is 5.74. The minimum atomic E-state index is 0.413. The highest BCUT2D eigenvalue weighted by molar-refractivity contribution is 7.80. The Hall–Kier alpha value is -0.390. The molecule has 2 fully saturated rings. The smallest absolute Gasteiger partial charge is 0.104 e. The molecule has 0 saturated carbocycles. The monoisotopic (exact) mass is 255 g/mol. The van der Waals surface area contributed by atoms with Crippen molar-refractivity contribution >= 4 is 34.0 Å². The van der Waals surface area contributed by atoms with Gasteiger partial charge in [-0.15, -0.1) is 12.6 Å². The van der Waals surface area contributed by atoms with E-state index in [1.165, 1.54) is 29.4 Å². The van der Waals surface area contributed by atoms with Crippen LogP contribution in [0.4, 0.5) is 10.0 Å². The fourth-order valence-corrected chi connectivity index (χ4v) is 4.24. The average molecular weight is 255 g/mol. The van der Waals surface area contributed by atoms with Crippen LogP contribution in [0.5, 0.6) is 0 Å². The Balaban J connectivity index is 1.86. The Bertz CT molecular complexity index is 396. The van der Waals surface area contributed by atoms with Gasteiger partial charge in [0.05, 0.1) is 10.5 Å². The topological polar surface area (TPSA) is 27.3 Å². The van der Waals surface area contributed by atoms with Crippen LogP contribution in [-0.2, 0) is 0 Å². The summed E-state index contributed by atoms with van der Waals surface area (Å²) in [4.78, 5) is 3.62. The molecule has 3 rings (SSSR count). The zero-order valence-corrected chi connectivity index (χ0v) is 11.1. The molecule has 0 radical (unpaired) electrons. The molecule has 88 valence electrons. The lowest BCUT2D eigenvalue weighted by molar-refractivity contribution is 0.303. The molecule has 16 heavy (non-hydrogen) atoms. The van der Waals surface area contributed by atoms with E-state index in [-0.39, 0.29) is 0 Å². The van der Waals surface area contributed by atoms with Crippen molar-refractivity contribution in [2.45, 2.75) is 23.3 Å². The van der Waals surface area contributed by atoms with Crippen LogP contribution in [0, 0.1) is 0 Å². The van der Waals surface area contributed by atoms with Crippen LogP contribution < -0.4 is 15.5 Å². The van der Waals surface area contributed by atoms with E-state index in [1.54, 1.807) is 0 Å². The van der Waals surface area contributed by atoms with Crippen molar-refractivity contribution in [3.8, 4) is 0 Å². The first-order valence-corrected chi connectivity index (χ1v) is 7.00. The molecule has 0 bridgehead atoms. The lowest BCUT2D eigenvalue weighted by Crippen LogP contribution is -2.61. The van der Waals surface area contributed by atoms with Gasteiger partial charge >= 0.3 is 0 Å². The Morgan fingerprint density at radius 1 is 1.56 bits per heavy atom. The first-order chi connectivity index (χ1) is 7.75. The van der Waals surface area contributed by atoms with Crippen LogP contribution in [0.2, 0.25) is 0 Å². The van der Waals surface area contributed by atoms with Crippen LogP contribution in [-0.4, -0.2) is 32.2 Å². The fraction of sp³-hybridized carbons (Fsp3) is 0.636. The zero-order valence-electron chi connectivity index (χ0n) is 9.42. The third-order valence-corrected chi connectivity index (χ3v) is 5.47. The van der Waals surface area contributed by atoms with Gasteiger partial charge in [-0.1, -0.05) is 11.3 Å². The molecule has 5 heteroatoms. The van der Waals surface area contributed by atoms with E-state index in [2.05, 4.69) is 34.2 Å². The number of hydrogen-bond acceptors (Lipinski definition) is 5. The van der Waals surface area contributed by atoms with Crippen LogP contribution in [0.1, 0.15) is 12.8 Å². The van der Waals surface area contributed by atoms with E-state index in [9.17, 15) is 0 Å². The van der Waals surface area contributed by atoms with Gasteiger partial charge in [0.15, 0.2) is 0 Å². The van der Waals surface area contributed by atoms with Crippen LogP contribution >= 0.6 is 24.0 Å². The summed E-state index contributed by atoms with van der Waals surface area (Å²) >= 11 is 6.31. The van der Waals surface area contributed by atoms with Crippen molar-refractivity contribution in [1.82, 2.24) is 5.32 Å². The molecular formula is C11H17N3S2. The van der Waals surface area contributed by atoms with Crippen molar-refractivity contribution < 1.29 is 0 Å². The lowest BCUT2D eigenvalue weighted by atomic mass is 9.84. The van der Waals surface area contributed by atoms with Gasteiger partial charge in [-0.2, -0.15) is 0 Å². The van der Waals surface area contributed by atoms with Crippen molar-refractivity contribution in [2.75, 3.05) is 36.9 Å². The number of hydrogen-bond donors (Lipinski definition) is 3. The fourth-order valence-electron chi connectivity index (χ4n) is 2.74. The number of anilines is 2. The Kier molecular flexibility index (Phi) is 2.57. The maximum Gasteiger partial charge on any atom is 0.104 e. The molecule has 3 heterocycles. The molecule has 0 aliphatic carbocycles. The quantitative estimate of drug-likeness (QED) is 0.706. The van der Waals surface area contributed by atoms with Crippen molar-refractivity contribution in [3.63, 3.8) is 0 Å². The van der Waals surface area contributed by atoms with Gasteiger partial charge in [0.2, 0.25) is 0 Å². The second-order valence-electron chi connectivity index (χ2n) is 4.60. The summed E-state index contributed by atoms with van der Waals surface area (Å²) in [6.07, 6.45) is 2.61. The van der Waals surface area contributed by atoms with Gasteiger partial charge in [0.25, 0.3) is 0 Å². The molecule has 2 N–H and O–H groups in total. The largest absolute Gasteiger partial charge is 0.379 e. The molecule has 1 aromatic heterocycles. The zero-order chi connectivity index (χ0) is 11.2. The van der Waals surface area contributed by atoms with Crippen molar-refractivity contribution in [2.24, 2.45) is 0 Å². The maximum atomic E-state index is 4.49. The third kappa shape index (κ3) is 1.45. The normalized spacial score (nSPS) is 28.5. The number of rotatable bonds is 2. The van der Waals surface area contributed by atoms with E-state index in [0.717, 1.165) is 18.0 Å². The van der Waals surface area contributed by atoms with Gasteiger partial charge < -0.3 is 15.5 Å². The van der Waals surface area contributed by atoms with Crippen LogP contribution in [0.25, 0.3) is 0 Å². The highest BCUT2D eigenvalue weighted by atomic mass is 32.1. The number of thiophene rings is 1. The maximum absolute atomic E-state index is 4.49. The number of thiol groups is 1. The summed E-state index contributed by atoms with van der Waals surface area (Å²) in [5, 5.41) is 9.21. The molecular weight excluding hydrogens is 238 g/mol. The van der Waals surface area contributed by atoms with Crippen molar-refractivity contribution in [3.05, 3.63) is 6.07 Å². The van der Waals surface area contributed by atoms with E-state index >= 15 is 0 Å². The highest BCUT2D eigenvalue weighted by Gasteiger charge is 2.47. The molecule has 0 aromatic carbocycles. The SMILES string of the molecule is CNc1sc(N2CCC23CCNC3)cc1S. The predicted octanol–water partition coefficient (Wildman–Crippen LogP) is 2.02. The molecule has 2 aliphatic heterocycles. The molecule has 1 aromatic rings. The van der Waals surface area contributed by atoms with Crippen molar-refractivity contribution in [1.29, 1.82) is 0 Å². The number of nitrogens with one attached hydrogen (secondary N) is 2. The summed E-state index contributed by atoms with van der Waals surface area (Å²) in [6, 6.07) is 2.19. The predicted molar refractivity (Wildman–Crippen MR) is 73.3 cm³/mol. The Morgan fingerprint density at radius 3 is 2.94 bits per heavy atom. The Labute approximate surface area is 106 Å². The summed E-state index contributed by atoms with van der Waals surface area (Å²) in [6.45, 7) is 3.49. The molecule has 0 amide bonds. The minimum absolute atomic E-state index is 0.413. The third-order valence-electron chi connectivity index (χ3n) is 3.79. The van der Waals surface area contributed by atoms with E-state index < -0.39 is 0 Å². The second kappa shape index (κ2) is 3.82. The average Bonchev–Trinajstić information content (AvgIpc) is 2.84. The minimum Gasteiger partial charge on any atom is -0.379 e. The van der Waals surface area contributed by atoms with Gasteiger partial charge in [-0.25, -0.2) is 0 Å². The number of nitrogens with zero attached hydrogens (tertiary/aromatic N) is 1. The summed E-state index contributed by atoms with van der Waals surface area (Å²) in [7, 11) is 1.96. The van der Waals surface area contributed by atoms with Crippen LogP contribution in [0.15, 0.2) is 11.0 Å². The van der Waals surface area contributed by atoms with E-state index in [4.69, 9.17) is 0 Å². The Morgan fingerprint density at radius 2 is 2.44 bits per heavy atom. The first kappa shape index (κ1) is 10.7. The van der Waals surface area contributed by atoms with Gasteiger partial charge in [-0.05, 0) is 25.5 Å². The summed E-state index contributed by atoms with van der Waals surface area (Å²) in [5.41, 5.74) is 0.413. The summed E-state index contributed by atoms with van der Waals surface area (Å²) < 4.78 is 0. The van der Waals surface area contributed by atoms with Crippen LogP contribution in [0.3, 0.4) is 0 Å². The van der Waals surface area contributed by atoms with Gasteiger partial charge in [0.1, 0.15) is 5.00 Å². The van der Waals surface area contributed by atoms with Gasteiger partial charge in [-0.3, -0.25) is 0 Å². The molecule has 1 spiro atoms. The molecule has 3 nitrogen and oxygen atoms in total. The van der Waals surface area contributed by atoms with Gasteiger partial charge in [0, 0.05) is 25.0 Å². The molecule has 1 unspecified atom stereocenters. The molecule has 2 saturated heterocycles. The lowest BCUT2D eigenvalue weighted by Gasteiger charge is -2.51. The van der Waals surface area contributed by atoms with E-state index in [0.29, 0.717) is 5.54 Å². The molecule has 1 atom stereocenters.